The van der Waals surface area contributed by atoms with Crippen molar-refractivity contribution in [2.45, 2.75) is 57.0 Å². The van der Waals surface area contributed by atoms with Crippen molar-refractivity contribution in [2.75, 3.05) is 62.2 Å². The average Bonchev–Trinajstić information content (AvgIpc) is 3.47. The highest BCUT2D eigenvalue weighted by Gasteiger charge is 2.33. The number of halogens is 6. The highest BCUT2D eigenvalue weighted by Crippen LogP contribution is 2.34. The summed E-state index contributed by atoms with van der Waals surface area (Å²) in [6.07, 6.45) is -4.64. The summed E-state index contributed by atoms with van der Waals surface area (Å²) in [7, 11) is 0. The second kappa shape index (κ2) is 14.4. The topological polar surface area (TPSA) is 111 Å². The molecule has 2 aliphatic heterocycles. The maximum atomic E-state index is 12.9. The van der Waals surface area contributed by atoms with E-state index < -0.39 is 23.5 Å². The van der Waals surface area contributed by atoms with Crippen molar-refractivity contribution in [1.29, 1.82) is 0 Å². The highest BCUT2D eigenvalue weighted by molar-refractivity contribution is 5.79. The number of alkyl halides is 6. The summed E-state index contributed by atoms with van der Waals surface area (Å²) in [6, 6.07) is 7.32. The molecule has 0 radical (unpaired) electrons. The average molecular weight is 697 g/mol. The largest absolute Gasteiger partial charge is 0.423 e. The van der Waals surface area contributed by atoms with E-state index in [2.05, 4.69) is 15.3 Å². The summed E-state index contributed by atoms with van der Waals surface area (Å²) < 4.78 is 87.9. The lowest BCUT2D eigenvalue weighted by Crippen LogP contribution is -2.40. The van der Waals surface area contributed by atoms with Crippen LogP contribution in [0.25, 0.3) is 22.2 Å². The summed E-state index contributed by atoms with van der Waals surface area (Å²) >= 11 is 0. The SMILES string of the molecule is FC(F)(F)c1ccc2oc(N3CCCNCC3)nc2c1.O=C(C1CCC(O)CC1)N1CCCN(c2nc3cc(C(F)(F)F)ccc3o2)CC1. The fourth-order valence-electron chi connectivity index (χ4n) is 6.40. The van der Waals surface area contributed by atoms with Crippen LogP contribution in [0.15, 0.2) is 45.2 Å². The van der Waals surface area contributed by atoms with E-state index >= 15 is 0 Å². The molecule has 49 heavy (non-hydrogen) atoms. The molecule has 0 bridgehead atoms. The van der Waals surface area contributed by atoms with E-state index in [4.69, 9.17) is 8.83 Å². The van der Waals surface area contributed by atoms with Gasteiger partial charge in [-0.1, -0.05) is 0 Å². The molecule has 2 aromatic heterocycles. The van der Waals surface area contributed by atoms with Crippen LogP contribution in [0.3, 0.4) is 0 Å². The molecular formula is C33H38F6N6O4. The molecule has 7 rings (SSSR count). The van der Waals surface area contributed by atoms with Gasteiger partial charge in [-0.2, -0.15) is 36.3 Å². The number of carbonyl (C=O) groups is 1. The van der Waals surface area contributed by atoms with Gasteiger partial charge in [0, 0.05) is 51.7 Å². The Labute approximate surface area is 278 Å². The van der Waals surface area contributed by atoms with E-state index in [0.717, 1.165) is 63.3 Å². The van der Waals surface area contributed by atoms with Crippen molar-refractivity contribution in [3.05, 3.63) is 47.5 Å². The number of anilines is 2. The third-order valence-electron chi connectivity index (χ3n) is 9.14. The molecule has 16 heteroatoms. The number of aliphatic hydroxyl groups is 1. The second-order valence-corrected chi connectivity index (χ2v) is 12.6. The first-order valence-corrected chi connectivity index (χ1v) is 16.5. The van der Waals surface area contributed by atoms with Gasteiger partial charge in [-0.15, -0.1) is 0 Å². The van der Waals surface area contributed by atoms with Gasteiger partial charge in [-0.05, 0) is 81.5 Å². The number of rotatable bonds is 3. The summed E-state index contributed by atoms with van der Waals surface area (Å²) in [4.78, 5) is 26.9. The lowest BCUT2D eigenvalue weighted by Gasteiger charge is -2.30. The van der Waals surface area contributed by atoms with E-state index in [0.29, 0.717) is 69.0 Å². The van der Waals surface area contributed by atoms with Crippen LogP contribution in [0, 0.1) is 5.92 Å². The summed E-state index contributed by atoms with van der Waals surface area (Å²) in [5, 5.41) is 12.9. The monoisotopic (exact) mass is 696 g/mol. The van der Waals surface area contributed by atoms with Gasteiger partial charge in [0.15, 0.2) is 11.2 Å². The molecular weight excluding hydrogens is 658 g/mol. The number of aliphatic hydroxyl groups excluding tert-OH is 1. The number of hydrogen-bond acceptors (Lipinski definition) is 9. The van der Waals surface area contributed by atoms with E-state index in [-0.39, 0.29) is 35.0 Å². The van der Waals surface area contributed by atoms with Crippen LogP contribution >= 0.6 is 0 Å². The van der Waals surface area contributed by atoms with E-state index in [1.165, 1.54) is 12.1 Å². The van der Waals surface area contributed by atoms with Crippen LogP contribution in [-0.2, 0) is 17.1 Å². The molecule has 2 saturated heterocycles. The van der Waals surface area contributed by atoms with Crippen molar-refractivity contribution < 1.29 is 45.1 Å². The fourth-order valence-corrected chi connectivity index (χ4v) is 6.40. The Bertz CT molecular complexity index is 1720. The maximum Gasteiger partial charge on any atom is 0.416 e. The van der Waals surface area contributed by atoms with Gasteiger partial charge >= 0.3 is 12.4 Å². The lowest BCUT2D eigenvalue weighted by atomic mass is 9.86. The van der Waals surface area contributed by atoms with Crippen LogP contribution in [0.4, 0.5) is 38.4 Å². The molecule has 3 fully saturated rings. The number of amides is 1. The Morgan fingerprint density at radius 3 is 1.84 bits per heavy atom. The molecule has 4 heterocycles. The first kappa shape index (κ1) is 34.8. The van der Waals surface area contributed by atoms with Gasteiger partial charge in [0.25, 0.3) is 12.0 Å². The predicted molar refractivity (Wildman–Crippen MR) is 169 cm³/mol. The number of nitrogens with zero attached hydrogens (tertiary/aromatic N) is 5. The van der Waals surface area contributed by atoms with Crippen LogP contribution in [-0.4, -0.2) is 84.3 Å². The van der Waals surface area contributed by atoms with Crippen molar-refractivity contribution in [1.82, 2.24) is 20.2 Å². The minimum absolute atomic E-state index is 0.0323. The Hall–Kier alpha value is -4.05. The zero-order chi connectivity index (χ0) is 34.8. The molecule has 2 N–H and O–H groups in total. The third-order valence-corrected chi connectivity index (χ3v) is 9.14. The molecule has 0 unspecified atom stereocenters. The van der Waals surface area contributed by atoms with Crippen molar-refractivity contribution in [2.24, 2.45) is 5.92 Å². The second-order valence-electron chi connectivity index (χ2n) is 12.6. The molecule has 4 aromatic rings. The Kier molecular flexibility index (Phi) is 10.2. The van der Waals surface area contributed by atoms with Crippen molar-refractivity contribution in [3.8, 4) is 0 Å². The minimum atomic E-state index is -4.42. The van der Waals surface area contributed by atoms with Gasteiger partial charge in [0.05, 0.1) is 17.2 Å². The predicted octanol–water partition coefficient (Wildman–Crippen LogP) is 6.08. The molecule has 3 aliphatic rings. The number of fused-ring (bicyclic) bond motifs is 2. The quantitative estimate of drug-likeness (QED) is 0.246. The van der Waals surface area contributed by atoms with Crippen LogP contribution < -0.4 is 15.1 Å². The first-order chi connectivity index (χ1) is 23.3. The van der Waals surface area contributed by atoms with Gasteiger partial charge < -0.3 is 34.0 Å². The zero-order valence-electron chi connectivity index (χ0n) is 26.7. The number of carbonyl (C=O) groups excluding carboxylic acids is 1. The highest BCUT2D eigenvalue weighted by atomic mass is 19.4. The Balaban J connectivity index is 0.000000182. The van der Waals surface area contributed by atoms with Crippen molar-refractivity contribution in [3.63, 3.8) is 0 Å². The molecule has 10 nitrogen and oxygen atoms in total. The molecule has 1 saturated carbocycles. The summed E-state index contributed by atoms with van der Waals surface area (Å²) in [5.74, 6) is 0.0983. The van der Waals surface area contributed by atoms with Crippen LogP contribution in [0.5, 0.6) is 0 Å². The summed E-state index contributed by atoms with van der Waals surface area (Å²) in [6.45, 7) is 5.54. The van der Waals surface area contributed by atoms with Crippen LogP contribution in [0.1, 0.15) is 49.7 Å². The number of oxazole rings is 2. The number of nitrogens with one attached hydrogen (secondary N) is 1. The first-order valence-electron chi connectivity index (χ1n) is 16.5. The molecule has 0 atom stereocenters. The fraction of sp³-hybridized carbons (Fsp3) is 0.545. The van der Waals surface area contributed by atoms with Crippen molar-refractivity contribution >= 4 is 40.1 Å². The van der Waals surface area contributed by atoms with Gasteiger partial charge in [0.1, 0.15) is 11.0 Å². The minimum Gasteiger partial charge on any atom is -0.423 e. The normalized spacial score (nSPS) is 21.3. The lowest BCUT2D eigenvalue weighted by molar-refractivity contribution is -0.138. The van der Waals surface area contributed by atoms with Gasteiger partial charge in [-0.3, -0.25) is 4.79 Å². The summed E-state index contributed by atoms with van der Waals surface area (Å²) in [5.41, 5.74) is -0.353. The molecule has 266 valence electrons. The van der Waals surface area contributed by atoms with E-state index in [9.17, 15) is 36.2 Å². The third kappa shape index (κ3) is 8.40. The smallest absolute Gasteiger partial charge is 0.416 e. The van der Waals surface area contributed by atoms with Gasteiger partial charge in [-0.25, -0.2) is 0 Å². The Morgan fingerprint density at radius 1 is 0.714 bits per heavy atom. The van der Waals surface area contributed by atoms with E-state index in [1.54, 1.807) is 0 Å². The molecule has 2 aromatic carbocycles. The number of aromatic nitrogens is 2. The Morgan fingerprint density at radius 2 is 1.27 bits per heavy atom. The molecule has 1 aliphatic carbocycles. The molecule has 1 amide bonds. The standard InChI is InChI=1S/C20H24F3N3O3.C13H14F3N3O/c21-20(22,23)14-4-7-17-16(12-14)24-19(29-17)26-9-1-8-25(10-11-26)18(28)13-2-5-15(27)6-3-13;14-13(15,16)9-2-3-11-10(8-9)18-12(20-11)19-6-1-4-17-5-7-19/h4,7,12-13,15,27H,1-3,5-6,8-11H2;2-3,8,17H,1,4-7H2. The zero-order valence-corrected chi connectivity index (χ0v) is 26.7. The number of benzene rings is 2. The van der Waals surface area contributed by atoms with Gasteiger partial charge in [0.2, 0.25) is 5.91 Å². The molecule has 0 spiro atoms. The maximum absolute atomic E-state index is 12.9. The number of hydrogen-bond donors (Lipinski definition) is 2. The van der Waals surface area contributed by atoms with E-state index in [1.807, 2.05) is 14.7 Å². The van der Waals surface area contributed by atoms with Crippen LogP contribution in [0.2, 0.25) is 0 Å².